The molecular weight excluding hydrogens is 265 g/mol. The molecule has 0 bridgehead atoms. The molecule has 0 aliphatic carbocycles. The van der Waals surface area contributed by atoms with Gasteiger partial charge in [-0.2, -0.15) is 0 Å². The van der Waals surface area contributed by atoms with Gasteiger partial charge in [0.25, 0.3) is 0 Å². The van der Waals surface area contributed by atoms with Crippen molar-refractivity contribution in [3.63, 3.8) is 0 Å². The molecule has 19 heavy (non-hydrogen) atoms. The Morgan fingerprint density at radius 3 is 2.79 bits per heavy atom. The molecule has 1 saturated heterocycles. The third kappa shape index (κ3) is 3.27. The van der Waals surface area contributed by atoms with Gasteiger partial charge in [0.15, 0.2) is 0 Å². The largest absolute Gasteiger partial charge is 0.389 e. The molecule has 1 heterocycles. The molecular formula is C13H16FN3OS. The van der Waals surface area contributed by atoms with Crippen molar-refractivity contribution in [2.75, 3.05) is 6.54 Å². The number of primary amides is 1. The second-order valence-corrected chi connectivity index (χ2v) is 5.18. The summed E-state index contributed by atoms with van der Waals surface area (Å²) in [5.41, 5.74) is 12.1. The van der Waals surface area contributed by atoms with Crippen molar-refractivity contribution < 1.29 is 9.18 Å². The minimum atomic E-state index is -0.380. The highest BCUT2D eigenvalue weighted by molar-refractivity contribution is 7.80. The first kappa shape index (κ1) is 13.9. The zero-order valence-corrected chi connectivity index (χ0v) is 11.3. The average molecular weight is 281 g/mol. The Balaban J connectivity index is 2.19. The summed E-state index contributed by atoms with van der Waals surface area (Å²) in [6.07, 6.45) is 1.68. The Bertz CT molecular complexity index is 521. The topological polar surface area (TPSA) is 72.4 Å². The van der Waals surface area contributed by atoms with E-state index in [4.69, 9.17) is 23.7 Å². The van der Waals surface area contributed by atoms with Crippen LogP contribution in [0.15, 0.2) is 18.2 Å². The van der Waals surface area contributed by atoms with E-state index >= 15 is 0 Å². The van der Waals surface area contributed by atoms with Crippen LogP contribution in [-0.4, -0.2) is 28.4 Å². The van der Waals surface area contributed by atoms with Gasteiger partial charge < -0.3 is 11.5 Å². The zero-order chi connectivity index (χ0) is 14.0. The van der Waals surface area contributed by atoms with E-state index in [1.165, 1.54) is 12.1 Å². The number of nitrogens with zero attached hydrogens (tertiary/aromatic N) is 1. The Morgan fingerprint density at radius 2 is 2.16 bits per heavy atom. The van der Waals surface area contributed by atoms with Crippen molar-refractivity contribution >= 4 is 23.1 Å². The molecule has 1 aliphatic heterocycles. The molecule has 1 aromatic carbocycles. The molecule has 0 radical (unpaired) electrons. The summed E-state index contributed by atoms with van der Waals surface area (Å²) >= 11 is 4.85. The Labute approximate surface area is 116 Å². The molecule has 0 spiro atoms. The molecule has 1 aromatic rings. The zero-order valence-electron chi connectivity index (χ0n) is 10.4. The molecule has 1 atom stereocenters. The number of hydrogen-bond donors (Lipinski definition) is 2. The van der Waals surface area contributed by atoms with Gasteiger partial charge >= 0.3 is 0 Å². The lowest BCUT2D eigenvalue weighted by Crippen LogP contribution is -2.39. The number of likely N-dealkylation sites (tertiary alicyclic amines) is 1. The molecule has 4 N–H and O–H groups in total. The first-order valence-electron chi connectivity index (χ1n) is 6.10. The van der Waals surface area contributed by atoms with Crippen molar-refractivity contribution in [2.24, 2.45) is 11.5 Å². The lowest BCUT2D eigenvalue weighted by molar-refractivity contribution is -0.122. The molecule has 0 saturated carbocycles. The first-order chi connectivity index (χ1) is 8.97. The highest BCUT2D eigenvalue weighted by atomic mass is 32.1. The molecule has 1 unspecified atom stereocenters. The van der Waals surface area contributed by atoms with Gasteiger partial charge in [-0.05, 0) is 43.1 Å². The Kier molecular flexibility index (Phi) is 4.11. The van der Waals surface area contributed by atoms with Crippen molar-refractivity contribution in [3.05, 3.63) is 35.1 Å². The summed E-state index contributed by atoms with van der Waals surface area (Å²) in [7, 11) is 0. The van der Waals surface area contributed by atoms with Gasteiger partial charge in [0, 0.05) is 12.1 Å². The summed E-state index contributed by atoms with van der Waals surface area (Å²) in [5, 5.41) is 0. The van der Waals surface area contributed by atoms with Gasteiger partial charge in [-0.15, -0.1) is 0 Å². The van der Waals surface area contributed by atoms with Crippen LogP contribution in [0, 0.1) is 5.82 Å². The third-order valence-corrected chi connectivity index (χ3v) is 3.56. The fourth-order valence-electron chi connectivity index (χ4n) is 2.46. The number of hydrogen-bond acceptors (Lipinski definition) is 3. The fourth-order valence-corrected chi connectivity index (χ4v) is 2.57. The van der Waals surface area contributed by atoms with E-state index in [2.05, 4.69) is 0 Å². The summed E-state index contributed by atoms with van der Waals surface area (Å²) < 4.78 is 13.5. The minimum Gasteiger partial charge on any atom is -0.389 e. The summed E-state index contributed by atoms with van der Waals surface area (Å²) in [6, 6.07) is 4.22. The summed E-state index contributed by atoms with van der Waals surface area (Å²) in [5.74, 6) is -0.710. The Morgan fingerprint density at radius 1 is 1.42 bits per heavy atom. The molecule has 102 valence electrons. The van der Waals surface area contributed by atoms with Crippen molar-refractivity contribution in [3.8, 4) is 0 Å². The van der Waals surface area contributed by atoms with Gasteiger partial charge in [0.2, 0.25) is 5.91 Å². The van der Waals surface area contributed by atoms with E-state index in [9.17, 15) is 9.18 Å². The predicted octanol–water partition coefficient (Wildman–Crippen LogP) is 0.910. The van der Waals surface area contributed by atoms with Gasteiger partial charge in [-0.1, -0.05) is 12.2 Å². The van der Waals surface area contributed by atoms with Gasteiger partial charge in [-0.3, -0.25) is 9.69 Å². The third-order valence-electron chi connectivity index (χ3n) is 3.32. The SMILES string of the molecule is NC(=O)C1CCCN1Cc1cc(F)cc(C(N)=S)c1. The van der Waals surface area contributed by atoms with E-state index < -0.39 is 0 Å². The number of carbonyl (C=O) groups excluding carboxylic acids is 1. The van der Waals surface area contributed by atoms with Crippen LogP contribution in [0.4, 0.5) is 4.39 Å². The minimum absolute atomic E-state index is 0.161. The van der Waals surface area contributed by atoms with Crippen LogP contribution >= 0.6 is 12.2 Å². The number of nitrogens with two attached hydrogens (primary N) is 2. The molecule has 1 aliphatic rings. The maximum absolute atomic E-state index is 13.5. The monoisotopic (exact) mass is 281 g/mol. The quantitative estimate of drug-likeness (QED) is 0.805. The second kappa shape index (κ2) is 5.63. The maximum atomic E-state index is 13.5. The molecule has 0 aromatic heterocycles. The van der Waals surface area contributed by atoms with Crippen LogP contribution in [0.1, 0.15) is 24.0 Å². The molecule has 4 nitrogen and oxygen atoms in total. The predicted molar refractivity (Wildman–Crippen MR) is 74.9 cm³/mol. The van der Waals surface area contributed by atoms with Crippen molar-refractivity contribution in [1.82, 2.24) is 4.90 Å². The van der Waals surface area contributed by atoms with E-state index in [0.29, 0.717) is 12.1 Å². The van der Waals surface area contributed by atoms with Crippen LogP contribution in [0.5, 0.6) is 0 Å². The van der Waals surface area contributed by atoms with E-state index in [1.54, 1.807) is 6.07 Å². The van der Waals surface area contributed by atoms with E-state index in [1.807, 2.05) is 4.90 Å². The van der Waals surface area contributed by atoms with Gasteiger partial charge in [-0.25, -0.2) is 4.39 Å². The number of carbonyl (C=O) groups is 1. The van der Waals surface area contributed by atoms with Crippen molar-refractivity contribution in [1.29, 1.82) is 0 Å². The number of amides is 1. The summed E-state index contributed by atoms with van der Waals surface area (Å²) in [6.45, 7) is 1.26. The number of halogens is 1. The normalized spacial score (nSPS) is 19.5. The van der Waals surface area contributed by atoms with Crippen LogP contribution in [0.2, 0.25) is 0 Å². The highest BCUT2D eigenvalue weighted by Crippen LogP contribution is 2.21. The van der Waals surface area contributed by atoms with Crippen LogP contribution in [0.3, 0.4) is 0 Å². The van der Waals surface area contributed by atoms with Crippen molar-refractivity contribution in [2.45, 2.75) is 25.4 Å². The average Bonchev–Trinajstić information content (AvgIpc) is 2.76. The summed E-state index contributed by atoms with van der Waals surface area (Å²) in [4.78, 5) is 13.4. The van der Waals surface area contributed by atoms with Crippen LogP contribution < -0.4 is 11.5 Å². The lowest BCUT2D eigenvalue weighted by Gasteiger charge is -2.22. The molecule has 1 fully saturated rings. The van der Waals surface area contributed by atoms with Gasteiger partial charge in [0.05, 0.1) is 6.04 Å². The second-order valence-electron chi connectivity index (χ2n) is 4.74. The van der Waals surface area contributed by atoms with Crippen LogP contribution in [0.25, 0.3) is 0 Å². The number of benzene rings is 1. The van der Waals surface area contributed by atoms with Gasteiger partial charge in [0.1, 0.15) is 10.8 Å². The lowest BCUT2D eigenvalue weighted by atomic mass is 10.1. The number of rotatable bonds is 4. The maximum Gasteiger partial charge on any atom is 0.234 e. The molecule has 6 heteroatoms. The number of thiocarbonyl (C=S) groups is 1. The Hall–Kier alpha value is -1.53. The fraction of sp³-hybridized carbons (Fsp3) is 0.385. The van der Waals surface area contributed by atoms with E-state index in [-0.39, 0.29) is 22.8 Å². The first-order valence-corrected chi connectivity index (χ1v) is 6.51. The molecule has 1 amide bonds. The highest BCUT2D eigenvalue weighted by Gasteiger charge is 2.28. The molecule has 2 rings (SSSR count). The van der Waals surface area contributed by atoms with E-state index in [0.717, 1.165) is 24.9 Å². The van der Waals surface area contributed by atoms with Crippen LogP contribution in [-0.2, 0) is 11.3 Å². The smallest absolute Gasteiger partial charge is 0.234 e. The standard InChI is InChI=1S/C13H16FN3OS/c14-10-5-8(4-9(6-10)13(16)19)7-17-3-1-2-11(17)12(15)18/h4-6,11H,1-3,7H2,(H2,15,18)(H2,16,19).